The smallest absolute Gasteiger partial charge is 0.404 e. The van der Waals surface area contributed by atoms with Crippen LogP contribution < -0.4 is 26.4 Å². The molecule has 37 heavy (non-hydrogen) atoms. The van der Waals surface area contributed by atoms with E-state index in [1.807, 2.05) is 6.07 Å². The number of amides is 1. The summed E-state index contributed by atoms with van der Waals surface area (Å²) in [6.07, 6.45) is 9.29. The quantitative estimate of drug-likeness (QED) is 0.245. The summed E-state index contributed by atoms with van der Waals surface area (Å²) in [5, 5.41) is 19.6. The van der Waals surface area contributed by atoms with Crippen LogP contribution in [-0.4, -0.2) is 59.6 Å². The molecule has 11 heteroatoms. The molecule has 1 saturated carbocycles. The number of halogens is 1. The monoisotopic (exact) mass is 528 g/mol. The molecule has 3 aliphatic carbocycles. The van der Waals surface area contributed by atoms with E-state index in [9.17, 15) is 4.79 Å². The molecule has 5 atom stereocenters. The number of aliphatic hydroxyl groups excluding tert-OH is 1. The molecule has 0 saturated heterocycles. The van der Waals surface area contributed by atoms with Crippen LogP contribution in [0.4, 0.5) is 22.2 Å². The summed E-state index contributed by atoms with van der Waals surface area (Å²) < 4.78 is 11.3. The minimum Gasteiger partial charge on any atom is -0.494 e. The van der Waals surface area contributed by atoms with E-state index in [1.54, 1.807) is 13.3 Å². The third-order valence-corrected chi connectivity index (χ3v) is 7.76. The molecule has 1 aromatic carbocycles. The first-order valence-electron chi connectivity index (χ1n) is 12.7. The number of carbonyl (C=O) groups excluding carboxylic acids is 1. The number of anilines is 3. The van der Waals surface area contributed by atoms with Crippen LogP contribution in [0.25, 0.3) is 0 Å². The summed E-state index contributed by atoms with van der Waals surface area (Å²) in [6.45, 7) is 0.722. The van der Waals surface area contributed by atoms with E-state index >= 15 is 0 Å². The van der Waals surface area contributed by atoms with Gasteiger partial charge in [-0.05, 0) is 49.3 Å². The van der Waals surface area contributed by atoms with Crippen LogP contribution in [-0.2, 0) is 17.6 Å². The van der Waals surface area contributed by atoms with E-state index in [4.69, 9.17) is 31.9 Å². The molecular weight excluding hydrogens is 496 g/mol. The maximum atomic E-state index is 11.5. The van der Waals surface area contributed by atoms with Crippen LogP contribution in [0.2, 0.25) is 5.02 Å². The number of aromatic nitrogens is 2. The fraction of sp³-hybridized carbons (Fsp3) is 0.500. The number of rotatable bonds is 9. The minimum atomic E-state index is -0.792. The number of primary amides is 1. The molecule has 10 nitrogen and oxygen atoms in total. The number of nitrogens with one attached hydrogen (secondary N) is 3. The van der Waals surface area contributed by atoms with E-state index in [0.717, 1.165) is 43.5 Å². The van der Waals surface area contributed by atoms with Gasteiger partial charge in [-0.1, -0.05) is 29.8 Å². The van der Waals surface area contributed by atoms with Crippen LogP contribution >= 0.6 is 11.6 Å². The Morgan fingerprint density at radius 3 is 2.92 bits per heavy atom. The second kappa shape index (κ2) is 11.1. The van der Waals surface area contributed by atoms with Gasteiger partial charge in [0.25, 0.3) is 0 Å². The maximum absolute atomic E-state index is 11.5. The third-order valence-electron chi connectivity index (χ3n) is 7.49. The highest BCUT2D eigenvalue weighted by Gasteiger charge is 2.47. The zero-order valence-corrected chi connectivity index (χ0v) is 21.5. The Hall–Kier alpha value is -3.08. The molecule has 3 aliphatic rings. The van der Waals surface area contributed by atoms with Crippen LogP contribution in [0, 0.1) is 11.8 Å². The molecule has 1 fully saturated rings. The summed E-state index contributed by atoms with van der Waals surface area (Å²) in [4.78, 5) is 20.5. The van der Waals surface area contributed by atoms with E-state index in [0.29, 0.717) is 29.4 Å². The molecule has 1 unspecified atom stereocenters. The Morgan fingerprint density at radius 2 is 2.14 bits per heavy atom. The molecule has 0 spiro atoms. The number of hydrogen-bond acceptors (Lipinski definition) is 9. The number of hydrogen-bond donors (Lipinski definition) is 5. The predicted molar refractivity (Wildman–Crippen MR) is 141 cm³/mol. The Bertz CT molecular complexity index is 1180. The average molecular weight is 529 g/mol. The lowest BCUT2D eigenvalue weighted by molar-refractivity contribution is 0.0853. The van der Waals surface area contributed by atoms with Crippen LogP contribution in [0.5, 0.6) is 5.75 Å². The molecule has 0 aliphatic heterocycles. The van der Waals surface area contributed by atoms with Gasteiger partial charge in [-0.25, -0.2) is 9.78 Å². The average Bonchev–Trinajstić information content (AvgIpc) is 3.41. The second-order valence-electron chi connectivity index (χ2n) is 9.79. The lowest BCUT2D eigenvalue weighted by Crippen LogP contribution is -2.41. The van der Waals surface area contributed by atoms with Crippen molar-refractivity contribution in [1.29, 1.82) is 0 Å². The summed E-state index contributed by atoms with van der Waals surface area (Å²) in [6, 6.07) is 4.24. The lowest BCUT2D eigenvalue weighted by atomic mass is 9.98. The minimum absolute atomic E-state index is 0.121. The van der Waals surface area contributed by atoms with Gasteiger partial charge >= 0.3 is 6.09 Å². The number of nitrogens with zero attached hydrogens (tertiary/aromatic N) is 2. The fourth-order valence-corrected chi connectivity index (χ4v) is 6.01. The normalized spacial score (nSPS) is 25.9. The highest BCUT2D eigenvalue weighted by molar-refractivity contribution is 6.32. The number of benzene rings is 1. The highest BCUT2D eigenvalue weighted by Crippen LogP contribution is 2.43. The number of ether oxygens (including phenoxy) is 2. The molecule has 2 bridgehead atoms. The predicted octanol–water partition coefficient (Wildman–Crippen LogP) is 3.16. The maximum Gasteiger partial charge on any atom is 0.404 e. The zero-order valence-electron chi connectivity index (χ0n) is 20.7. The first-order chi connectivity index (χ1) is 18.0. The number of aliphatic hydroxyl groups is 1. The molecular formula is C26H33ClN6O4. The van der Waals surface area contributed by atoms with Crippen molar-refractivity contribution in [3.05, 3.63) is 46.6 Å². The second-order valence-corrected chi connectivity index (χ2v) is 10.2. The van der Waals surface area contributed by atoms with E-state index < -0.39 is 6.09 Å². The Labute approximate surface area is 221 Å². The van der Waals surface area contributed by atoms with Gasteiger partial charge in [0.2, 0.25) is 5.95 Å². The molecule has 1 heterocycles. The molecule has 1 aromatic heterocycles. The van der Waals surface area contributed by atoms with Crippen molar-refractivity contribution in [2.24, 2.45) is 17.6 Å². The van der Waals surface area contributed by atoms with Gasteiger partial charge in [-0.2, -0.15) is 4.98 Å². The Kier molecular flexibility index (Phi) is 7.68. The number of nitrogens with two attached hydrogens (primary N) is 1. The van der Waals surface area contributed by atoms with Gasteiger partial charge in [0, 0.05) is 24.4 Å². The van der Waals surface area contributed by atoms with Gasteiger partial charge in [-0.15, -0.1) is 0 Å². The molecule has 5 rings (SSSR count). The van der Waals surface area contributed by atoms with Crippen molar-refractivity contribution in [3.8, 4) is 5.75 Å². The summed E-state index contributed by atoms with van der Waals surface area (Å²) >= 11 is 6.44. The van der Waals surface area contributed by atoms with Crippen molar-refractivity contribution < 1.29 is 19.4 Å². The SMILES string of the molecule is COc1c(Nc2ncc(Cl)c(N[C@H]3[C@@H](OC(N)=O)[C@@H]4C=C[C@H]3C4)n2)ccc2c1CCCC(NCCO)C2. The van der Waals surface area contributed by atoms with Crippen molar-refractivity contribution in [3.63, 3.8) is 0 Å². The number of carbonyl (C=O) groups is 1. The van der Waals surface area contributed by atoms with Crippen LogP contribution in [0.1, 0.15) is 30.4 Å². The molecule has 0 radical (unpaired) electrons. The number of methoxy groups -OCH3 is 1. The third kappa shape index (κ3) is 5.46. The molecule has 1 amide bonds. The zero-order chi connectivity index (χ0) is 25.9. The van der Waals surface area contributed by atoms with Gasteiger partial charge in [-0.3, -0.25) is 0 Å². The Morgan fingerprint density at radius 1 is 1.30 bits per heavy atom. The van der Waals surface area contributed by atoms with Crippen molar-refractivity contribution in [2.45, 2.75) is 50.3 Å². The fourth-order valence-electron chi connectivity index (χ4n) is 5.87. The Balaban J connectivity index is 1.36. The first-order valence-corrected chi connectivity index (χ1v) is 13.1. The van der Waals surface area contributed by atoms with E-state index in [2.05, 4.69) is 44.1 Å². The highest BCUT2D eigenvalue weighted by atomic mass is 35.5. The van der Waals surface area contributed by atoms with Crippen LogP contribution in [0.3, 0.4) is 0 Å². The first kappa shape index (κ1) is 25.6. The molecule has 2 aromatic rings. The number of fused-ring (bicyclic) bond motifs is 3. The molecule has 6 N–H and O–H groups in total. The summed E-state index contributed by atoms with van der Waals surface area (Å²) in [5.74, 6) is 1.91. The molecule has 198 valence electrons. The van der Waals surface area contributed by atoms with Crippen molar-refractivity contribution >= 4 is 35.1 Å². The van der Waals surface area contributed by atoms with Crippen molar-refractivity contribution in [1.82, 2.24) is 15.3 Å². The van der Waals surface area contributed by atoms with Crippen LogP contribution in [0.15, 0.2) is 30.5 Å². The van der Waals surface area contributed by atoms with E-state index in [-0.39, 0.29) is 30.6 Å². The standard InChI is InChI=1S/C26H33ClN6O4/c1-36-23-18-4-2-3-17(29-9-10-34)12-14(18)7-8-20(23)31-26-30-13-19(27)24(33-26)32-21-15-5-6-16(11-15)22(21)37-25(28)35/h5-8,13,15-17,21-22,29,34H,2-4,9-12H2,1H3,(H2,28,35)(H2,30,31,32,33)/t15-,16+,17?,21+,22-/m0/s1. The van der Waals surface area contributed by atoms with E-state index in [1.165, 1.54) is 11.1 Å². The topological polar surface area (TPSA) is 144 Å². The van der Waals surface area contributed by atoms with Gasteiger partial charge in [0.1, 0.15) is 16.9 Å². The van der Waals surface area contributed by atoms with Gasteiger partial charge in [0.15, 0.2) is 5.82 Å². The largest absolute Gasteiger partial charge is 0.494 e. The summed E-state index contributed by atoms with van der Waals surface area (Å²) in [7, 11) is 1.67. The summed E-state index contributed by atoms with van der Waals surface area (Å²) in [5.41, 5.74) is 8.50. The van der Waals surface area contributed by atoms with Gasteiger partial charge in [0.05, 0.1) is 31.6 Å². The lowest BCUT2D eigenvalue weighted by Gasteiger charge is -2.28. The van der Waals surface area contributed by atoms with Crippen molar-refractivity contribution in [2.75, 3.05) is 30.9 Å². The van der Waals surface area contributed by atoms with Gasteiger partial charge < -0.3 is 36.3 Å².